The normalized spacial score (nSPS) is 13.0. The van der Waals surface area contributed by atoms with Crippen molar-refractivity contribution in [2.45, 2.75) is 52.4 Å². The van der Waals surface area contributed by atoms with E-state index in [1.807, 2.05) is 36.4 Å². The second kappa shape index (κ2) is 6.94. The summed E-state index contributed by atoms with van der Waals surface area (Å²) in [7, 11) is 0. The van der Waals surface area contributed by atoms with Gasteiger partial charge in [-0.05, 0) is 34.9 Å². The number of nitrogens with zero attached hydrogens (tertiary/aromatic N) is 3. The molecule has 0 saturated carbocycles. The van der Waals surface area contributed by atoms with Crippen molar-refractivity contribution in [2.75, 3.05) is 0 Å². The van der Waals surface area contributed by atoms with Gasteiger partial charge in [-0.15, -0.1) is 9.90 Å². The summed E-state index contributed by atoms with van der Waals surface area (Å²) in [6.07, 6.45) is 2.70. The van der Waals surface area contributed by atoms with Crippen LogP contribution in [0.2, 0.25) is 0 Å². The third-order valence-electron chi connectivity index (χ3n) is 4.91. The third kappa shape index (κ3) is 3.50. The molecule has 1 atom stereocenters. The first-order valence-corrected chi connectivity index (χ1v) is 9.16. The monoisotopic (exact) mass is 349 g/mol. The molecule has 1 N–H and O–H groups in total. The van der Waals surface area contributed by atoms with Gasteiger partial charge < -0.3 is 5.11 Å². The zero-order valence-electron chi connectivity index (χ0n) is 16.2. The van der Waals surface area contributed by atoms with E-state index in [1.54, 1.807) is 11.0 Å². The Balaban J connectivity index is 2.14. The summed E-state index contributed by atoms with van der Waals surface area (Å²) in [5, 5.41) is 19.9. The van der Waals surface area contributed by atoms with Gasteiger partial charge in [-0.25, -0.2) is 0 Å². The predicted octanol–water partition coefficient (Wildman–Crippen LogP) is 5.45. The highest BCUT2D eigenvalue weighted by molar-refractivity contribution is 5.59. The fourth-order valence-corrected chi connectivity index (χ4v) is 2.94. The van der Waals surface area contributed by atoms with Gasteiger partial charge in [0.05, 0.1) is 6.20 Å². The standard InChI is InChI=1S/C22H27N3O/c1-6-15(2)18-12-17(22(3,4)5)13-20(21(18)26)25-23-14-19(24-25)16-10-8-7-9-11-16/h7-15,26H,6H2,1-5H3. The summed E-state index contributed by atoms with van der Waals surface area (Å²) in [6, 6.07) is 14.1. The van der Waals surface area contributed by atoms with Crippen LogP contribution in [0.1, 0.15) is 58.1 Å². The topological polar surface area (TPSA) is 50.9 Å². The molecule has 1 unspecified atom stereocenters. The smallest absolute Gasteiger partial charge is 0.146 e. The summed E-state index contributed by atoms with van der Waals surface area (Å²) in [4.78, 5) is 1.54. The van der Waals surface area contributed by atoms with E-state index in [9.17, 15) is 5.11 Å². The van der Waals surface area contributed by atoms with Crippen molar-refractivity contribution in [1.82, 2.24) is 15.0 Å². The number of benzene rings is 2. The molecule has 0 bridgehead atoms. The SMILES string of the molecule is CCC(C)c1cc(C(C)(C)C)cc(-n2ncc(-c3ccccc3)n2)c1O. The van der Waals surface area contributed by atoms with Crippen molar-refractivity contribution in [2.24, 2.45) is 0 Å². The average Bonchev–Trinajstić information content (AvgIpc) is 3.11. The Morgan fingerprint density at radius 3 is 2.42 bits per heavy atom. The number of aromatic nitrogens is 3. The second-order valence-corrected chi connectivity index (χ2v) is 7.88. The molecule has 3 rings (SSSR count). The molecule has 0 amide bonds. The molecule has 26 heavy (non-hydrogen) atoms. The van der Waals surface area contributed by atoms with E-state index >= 15 is 0 Å². The zero-order chi connectivity index (χ0) is 18.9. The summed E-state index contributed by atoms with van der Waals surface area (Å²) < 4.78 is 0. The molecule has 0 spiro atoms. The van der Waals surface area contributed by atoms with Crippen LogP contribution in [0, 0.1) is 0 Å². The Labute approximate surface area is 155 Å². The number of hydrogen-bond acceptors (Lipinski definition) is 3. The van der Waals surface area contributed by atoms with Gasteiger partial charge in [0.1, 0.15) is 17.1 Å². The number of rotatable bonds is 4. The molecule has 4 nitrogen and oxygen atoms in total. The minimum absolute atomic E-state index is 0.0277. The van der Waals surface area contributed by atoms with Crippen LogP contribution in [-0.4, -0.2) is 20.1 Å². The van der Waals surface area contributed by atoms with Gasteiger partial charge in [0.25, 0.3) is 0 Å². The van der Waals surface area contributed by atoms with Crippen LogP contribution in [0.5, 0.6) is 5.75 Å². The van der Waals surface area contributed by atoms with Crippen molar-refractivity contribution in [3.63, 3.8) is 0 Å². The molecule has 0 aliphatic heterocycles. The van der Waals surface area contributed by atoms with Gasteiger partial charge >= 0.3 is 0 Å². The lowest BCUT2D eigenvalue weighted by molar-refractivity contribution is 0.452. The van der Waals surface area contributed by atoms with E-state index < -0.39 is 0 Å². The highest BCUT2D eigenvalue weighted by Crippen LogP contribution is 2.37. The summed E-state index contributed by atoms with van der Waals surface area (Å²) >= 11 is 0. The summed E-state index contributed by atoms with van der Waals surface area (Å²) in [5.41, 5.74) is 4.52. The molecule has 136 valence electrons. The molecule has 0 saturated heterocycles. The van der Waals surface area contributed by atoms with Gasteiger partial charge in [-0.3, -0.25) is 0 Å². The van der Waals surface area contributed by atoms with Gasteiger partial charge in [-0.1, -0.05) is 71.0 Å². The van der Waals surface area contributed by atoms with Gasteiger partial charge in [0.2, 0.25) is 0 Å². The number of phenols is 1. The molecule has 2 aromatic carbocycles. The molecule has 4 heteroatoms. The Hall–Kier alpha value is -2.62. The maximum Gasteiger partial charge on any atom is 0.146 e. The Morgan fingerprint density at radius 1 is 1.12 bits per heavy atom. The van der Waals surface area contributed by atoms with Crippen molar-refractivity contribution < 1.29 is 5.11 Å². The van der Waals surface area contributed by atoms with E-state index in [-0.39, 0.29) is 17.1 Å². The first kappa shape index (κ1) is 18.2. The number of phenolic OH excluding ortho intramolecular Hbond substituents is 1. The zero-order valence-corrected chi connectivity index (χ0v) is 16.2. The molecule has 1 aromatic heterocycles. The third-order valence-corrected chi connectivity index (χ3v) is 4.91. The van der Waals surface area contributed by atoms with Crippen LogP contribution in [0.3, 0.4) is 0 Å². The summed E-state index contributed by atoms with van der Waals surface area (Å²) in [6.45, 7) is 10.8. The highest BCUT2D eigenvalue weighted by Gasteiger charge is 2.22. The first-order valence-electron chi connectivity index (χ1n) is 9.16. The molecular formula is C22H27N3O. The largest absolute Gasteiger partial charge is 0.505 e. The maximum atomic E-state index is 10.9. The molecule has 0 aliphatic carbocycles. The minimum atomic E-state index is -0.0277. The Kier molecular flexibility index (Phi) is 4.86. The summed E-state index contributed by atoms with van der Waals surface area (Å²) in [5.74, 6) is 0.530. The quantitative estimate of drug-likeness (QED) is 0.681. The lowest BCUT2D eigenvalue weighted by Gasteiger charge is -2.23. The van der Waals surface area contributed by atoms with Gasteiger partial charge in [0.15, 0.2) is 0 Å². The number of aromatic hydroxyl groups is 1. The molecular weight excluding hydrogens is 322 g/mol. The van der Waals surface area contributed by atoms with E-state index in [2.05, 4.69) is 50.9 Å². The van der Waals surface area contributed by atoms with Crippen molar-refractivity contribution >= 4 is 0 Å². The lowest BCUT2D eigenvalue weighted by Crippen LogP contribution is -2.14. The molecule has 0 radical (unpaired) electrons. The lowest BCUT2D eigenvalue weighted by atomic mass is 9.83. The van der Waals surface area contributed by atoms with Crippen LogP contribution < -0.4 is 0 Å². The Bertz CT molecular complexity index is 891. The van der Waals surface area contributed by atoms with Crippen LogP contribution in [0.4, 0.5) is 0 Å². The second-order valence-electron chi connectivity index (χ2n) is 7.88. The maximum absolute atomic E-state index is 10.9. The van der Waals surface area contributed by atoms with Crippen LogP contribution in [-0.2, 0) is 5.41 Å². The van der Waals surface area contributed by atoms with Crippen LogP contribution in [0.15, 0.2) is 48.7 Å². The van der Waals surface area contributed by atoms with Crippen molar-refractivity contribution in [3.05, 3.63) is 59.8 Å². The van der Waals surface area contributed by atoms with E-state index in [0.717, 1.165) is 23.2 Å². The van der Waals surface area contributed by atoms with Gasteiger partial charge in [0, 0.05) is 5.56 Å². The van der Waals surface area contributed by atoms with E-state index in [1.165, 1.54) is 5.56 Å². The molecule has 0 fully saturated rings. The Morgan fingerprint density at radius 2 is 1.81 bits per heavy atom. The van der Waals surface area contributed by atoms with E-state index in [4.69, 9.17) is 0 Å². The molecule has 0 aliphatic rings. The van der Waals surface area contributed by atoms with E-state index in [0.29, 0.717) is 5.69 Å². The highest BCUT2D eigenvalue weighted by atomic mass is 16.3. The average molecular weight is 349 g/mol. The fraction of sp³-hybridized carbons (Fsp3) is 0.364. The predicted molar refractivity (Wildman–Crippen MR) is 106 cm³/mol. The van der Waals surface area contributed by atoms with Crippen molar-refractivity contribution in [3.8, 4) is 22.7 Å². The molecule has 1 heterocycles. The first-order chi connectivity index (χ1) is 12.3. The number of hydrogen-bond donors (Lipinski definition) is 1. The van der Waals surface area contributed by atoms with Gasteiger partial charge in [-0.2, -0.15) is 5.10 Å². The minimum Gasteiger partial charge on any atom is -0.505 e. The fourth-order valence-electron chi connectivity index (χ4n) is 2.94. The van der Waals surface area contributed by atoms with Crippen LogP contribution in [0.25, 0.3) is 16.9 Å². The van der Waals surface area contributed by atoms with Crippen LogP contribution >= 0.6 is 0 Å². The molecule has 3 aromatic rings. The van der Waals surface area contributed by atoms with Crippen molar-refractivity contribution in [1.29, 1.82) is 0 Å².